The van der Waals surface area contributed by atoms with Crippen LogP contribution in [-0.4, -0.2) is 24.5 Å². The van der Waals surface area contributed by atoms with Crippen molar-refractivity contribution in [3.8, 4) is 0 Å². The van der Waals surface area contributed by atoms with Crippen LogP contribution in [0.25, 0.3) is 0 Å². The predicted octanol–water partition coefficient (Wildman–Crippen LogP) is 3.97. The molecule has 0 saturated heterocycles. The van der Waals surface area contributed by atoms with Crippen molar-refractivity contribution in [3.05, 3.63) is 18.0 Å². The number of thioether (sulfide) groups is 1. The van der Waals surface area contributed by atoms with E-state index in [1.54, 1.807) is 18.0 Å². The van der Waals surface area contributed by atoms with Gasteiger partial charge in [0.1, 0.15) is 0 Å². The van der Waals surface area contributed by atoms with Crippen LogP contribution in [0.3, 0.4) is 0 Å². The summed E-state index contributed by atoms with van der Waals surface area (Å²) in [5.74, 6) is 0.666. The molecule has 0 aliphatic carbocycles. The summed E-state index contributed by atoms with van der Waals surface area (Å²) in [6.45, 7) is 12.0. The van der Waals surface area contributed by atoms with E-state index in [-0.39, 0.29) is 0 Å². The van der Waals surface area contributed by atoms with E-state index in [1.165, 1.54) is 0 Å². The Morgan fingerprint density at radius 2 is 2.00 bits per heavy atom. The van der Waals surface area contributed by atoms with Crippen LogP contribution in [0, 0.1) is 5.92 Å². The lowest BCUT2D eigenvalue weighted by Gasteiger charge is -2.32. The van der Waals surface area contributed by atoms with E-state index in [0.29, 0.717) is 18.1 Å². The van der Waals surface area contributed by atoms with Gasteiger partial charge in [-0.1, -0.05) is 32.5 Å². The summed E-state index contributed by atoms with van der Waals surface area (Å²) in [5.41, 5.74) is 1.62. The molecule has 0 N–H and O–H groups in total. The second-order valence-electron chi connectivity index (χ2n) is 5.46. The monoisotopic (exact) mass is 284 g/mol. The Kier molecular flexibility index (Phi) is 5.81. The van der Waals surface area contributed by atoms with Gasteiger partial charge >= 0.3 is 0 Å². The zero-order valence-electron chi connectivity index (χ0n) is 12.2. The quantitative estimate of drug-likeness (QED) is 0.450. The van der Waals surface area contributed by atoms with Gasteiger partial charge in [-0.25, -0.2) is 9.97 Å². The minimum atomic E-state index is -1.65. The number of hydrogen-bond acceptors (Lipinski definition) is 4. The molecule has 0 fully saturated rings. The van der Waals surface area contributed by atoms with Crippen molar-refractivity contribution in [2.45, 2.75) is 51.2 Å². The first-order valence-electron chi connectivity index (χ1n) is 6.36. The fraction of sp³-hybridized carbons (Fsp3) is 0.692. The molecular weight excluding hydrogens is 260 g/mol. The van der Waals surface area contributed by atoms with Gasteiger partial charge < -0.3 is 4.43 Å². The summed E-state index contributed by atoms with van der Waals surface area (Å²) in [6, 6.07) is 1.93. The number of nitrogens with zero attached hydrogens (tertiary/aromatic N) is 2. The molecule has 0 amide bonds. The Balaban J connectivity index is 2.63. The van der Waals surface area contributed by atoms with Gasteiger partial charge in [-0.05, 0) is 36.9 Å². The number of rotatable bonds is 6. The highest BCUT2D eigenvalue weighted by atomic mass is 32.2. The molecule has 1 rings (SSSR count). The molecule has 0 radical (unpaired) electrons. The van der Waals surface area contributed by atoms with E-state index < -0.39 is 8.32 Å². The average Bonchev–Trinajstić information content (AvgIpc) is 2.35. The first-order chi connectivity index (χ1) is 8.36. The lowest BCUT2D eigenvalue weighted by molar-refractivity contribution is 0.275. The van der Waals surface area contributed by atoms with E-state index in [0.717, 1.165) is 10.9 Å². The van der Waals surface area contributed by atoms with Crippen molar-refractivity contribution in [2.75, 3.05) is 6.26 Å². The lowest BCUT2D eigenvalue weighted by atomic mass is 10.1. The van der Waals surface area contributed by atoms with Gasteiger partial charge in [-0.15, -0.1) is 0 Å². The molecule has 0 aliphatic rings. The highest BCUT2D eigenvalue weighted by molar-refractivity contribution is 7.98. The van der Waals surface area contributed by atoms with E-state index in [9.17, 15) is 0 Å². The minimum absolute atomic E-state index is 0.604. The minimum Gasteiger partial charge on any atom is -0.411 e. The largest absolute Gasteiger partial charge is 0.411 e. The Hall–Kier alpha value is -0.393. The number of hydrogen-bond donors (Lipinski definition) is 0. The first kappa shape index (κ1) is 15.7. The predicted molar refractivity (Wildman–Crippen MR) is 80.3 cm³/mol. The molecule has 0 saturated carbocycles. The molecule has 1 atom stereocenters. The van der Waals surface area contributed by atoms with Gasteiger partial charge in [0.15, 0.2) is 13.5 Å². The normalized spacial score (nSPS) is 13.9. The molecule has 18 heavy (non-hydrogen) atoms. The van der Waals surface area contributed by atoms with E-state index >= 15 is 0 Å². The lowest BCUT2D eigenvalue weighted by Crippen LogP contribution is -2.37. The van der Waals surface area contributed by atoms with Crippen LogP contribution in [0.1, 0.15) is 26.5 Å². The van der Waals surface area contributed by atoms with Gasteiger partial charge in [-0.3, -0.25) is 0 Å². The third-order valence-electron chi connectivity index (χ3n) is 3.56. The summed E-state index contributed by atoms with van der Waals surface area (Å²) < 4.78 is 6.18. The molecule has 102 valence electrons. The Morgan fingerprint density at radius 1 is 1.33 bits per heavy atom. The average molecular weight is 285 g/mol. The second kappa shape index (κ2) is 6.68. The van der Waals surface area contributed by atoms with Gasteiger partial charge in [0.05, 0.1) is 12.3 Å². The van der Waals surface area contributed by atoms with Gasteiger partial charge in [-0.2, -0.15) is 0 Å². The third kappa shape index (κ3) is 4.37. The van der Waals surface area contributed by atoms with Crippen LogP contribution in [0.2, 0.25) is 18.6 Å². The summed E-state index contributed by atoms with van der Waals surface area (Å²) in [5, 5.41) is 0.812. The zero-order valence-corrected chi connectivity index (χ0v) is 14.0. The molecule has 0 spiro atoms. The molecule has 5 heteroatoms. The van der Waals surface area contributed by atoms with Gasteiger partial charge in [0.2, 0.25) is 0 Å². The maximum Gasteiger partial charge on any atom is 0.190 e. The van der Waals surface area contributed by atoms with Crippen molar-refractivity contribution in [3.63, 3.8) is 0 Å². The molecule has 0 bridgehead atoms. The standard InChI is InChI=1S/C13H24N2OSSi/c1-10(2)11(3)18(5,6)16-9-12-7-8-14-13(15-12)17-4/h7-8,10-11H,9H2,1-6H3. The molecule has 1 aromatic rings. The van der Waals surface area contributed by atoms with Gasteiger partial charge in [0.25, 0.3) is 0 Å². The maximum absolute atomic E-state index is 6.18. The third-order valence-corrected chi connectivity index (χ3v) is 7.87. The first-order valence-corrected chi connectivity index (χ1v) is 10.6. The molecule has 1 unspecified atom stereocenters. The molecule has 1 aromatic heterocycles. The molecular formula is C13H24N2OSSi. The van der Waals surface area contributed by atoms with Crippen molar-refractivity contribution in [2.24, 2.45) is 5.92 Å². The Bertz CT molecular complexity index is 385. The van der Waals surface area contributed by atoms with Crippen LogP contribution in [0.5, 0.6) is 0 Å². The molecule has 0 aromatic carbocycles. The molecule has 3 nitrogen and oxygen atoms in total. The Labute approximate surface area is 116 Å². The zero-order chi connectivity index (χ0) is 13.8. The highest BCUT2D eigenvalue weighted by Crippen LogP contribution is 2.30. The van der Waals surface area contributed by atoms with Crippen molar-refractivity contribution >= 4 is 20.1 Å². The summed E-state index contributed by atoms with van der Waals surface area (Å²) in [7, 11) is -1.65. The fourth-order valence-electron chi connectivity index (χ4n) is 1.75. The summed E-state index contributed by atoms with van der Waals surface area (Å²) >= 11 is 1.56. The van der Waals surface area contributed by atoms with Crippen LogP contribution >= 0.6 is 11.8 Å². The second-order valence-corrected chi connectivity index (χ2v) is 10.6. The van der Waals surface area contributed by atoms with Crippen molar-refractivity contribution in [1.29, 1.82) is 0 Å². The van der Waals surface area contributed by atoms with Crippen LogP contribution in [0.4, 0.5) is 0 Å². The number of aromatic nitrogens is 2. The molecule has 1 heterocycles. The van der Waals surface area contributed by atoms with E-state index in [1.807, 2.05) is 12.3 Å². The van der Waals surface area contributed by atoms with Crippen molar-refractivity contribution in [1.82, 2.24) is 9.97 Å². The van der Waals surface area contributed by atoms with Crippen LogP contribution in [-0.2, 0) is 11.0 Å². The summed E-state index contributed by atoms with van der Waals surface area (Å²) in [4.78, 5) is 8.62. The van der Waals surface area contributed by atoms with E-state index in [2.05, 4.69) is 43.8 Å². The highest BCUT2D eigenvalue weighted by Gasteiger charge is 2.32. The Morgan fingerprint density at radius 3 is 2.56 bits per heavy atom. The SMILES string of the molecule is CSc1nccc(CO[Si](C)(C)C(C)C(C)C)n1. The summed E-state index contributed by atoms with van der Waals surface area (Å²) in [6.07, 6.45) is 3.79. The smallest absolute Gasteiger partial charge is 0.190 e. The van der Waals surface area contributed by atoms with E-state index in [4.69, 9.17) is 4.43 Å². The topological polar surface area (TPSA) is 35.0 Å². The van der Waals surface area contributed by atoms with Crippen LogP contribution in [0.15, 0.2) is 17.4 Å². The maximum atomic E-state index is 6.18. The van der Waals surface area contributed by atoms with Crippen molar-refractivity contribution < 1.29 is 4.43 Å². The molecule has 0 aliphatic heterocycles. The van der Waals surface area contributed by atoms with Gasteiger partial charge in [0, 0.05) is 6.20 Å². The van der Waals surface area contributed by atoms with Crippen LogP contribution < -0.4 is 0 Å². The fourth-order valence-corrected chi connectivity index (χ4v) is 4.51.